The van der Waals surface area contributed by atoms with Gasteiger partial charge in [0.15, 0.2) is 4.90 Å². The zero-order valence-corrected chi connectivity index (χ0v) is 18.5. The second-order valence-corrected chi connectivity index (χ2v) is 8.60. The minimum Gasteiger partial charge on any atom is -0.480 e. The molecule has 0 aliphatic heterocycles. The van der Waals surface area contributed by atoms with Gasteiger partial charge in [-0.3, -0.25) is 9.52 Å². The number of aromatic nitrogens is 3. The molecular weight excluding hydrogens is 444 g/mol. The fourth-order valence-corrected chi connectivity index (χ4v) is 4.39. The van der Waals surface area contributed by atoms with Crippen LogP contribution in [0.3, 0.4) is 0 Å². The van der Waals surface area contributed by atoms with E-state index in [1.54, 1.807) is 32.0 Å². The van der Waals surface area contributed by atoms with Gasteiger partial charge in [-0.15, -0.1) is 0 Å². The molecule has 0 saturated heterocycles. The molecular formula is C20H21F2N5O4S. The number of halogens is 2. The third-order valence-corrected chi connectivity index (χ3v) is 5.90. The lowest BCUT2D eigenvalue weighted by molar-refractivity contribution is 0.0518. The summed E-state index contributed by atoms with van der Waals surface area (Å²) in [6, 6.07) is 7.64. The third kappa shape index (κ3) is 4.69. The van der Waals surface area contributed by atoms with E-state index in [2.05, 4.69) is 20.1 Å². The maximum Gasteiger partial charge on any atom is 0.333 e. The molecule has 0 bridgehead atoms. The molecule has 2 N–H and O–H groups in total. The average Bonchev–Trinajstić information content (AvgIpc) is 3.13. The smallest absolute Gasteiger partial charge is 0.333 e. The summed E-state index contributed by atoms with van der Waals surface area (Å²) in [4.78, 5) is 16.1. The van der Waals surface area contributed by atoms with Gasteiger partial charge < -0.3 is 10.1 Å². The molecule has 1 amide bonds. The predicted molar refractivity (Wildman–Crippen MR) is 114 cm³/mol. The second-order valence-electron chi connectivity index (χ2n) is 6.95. The number of alkyl halides is 2. The molecule has 2 aromatic heterocycles. The SMILES string of the molecule is COc1ncc(NC(=O)c2cc(C)nn2C(F)F)cc1S(=O)(=O)Nc1c(C)cccc1C. The van der Waals surface area contributed by atoms with Crippen molar-refractivity contribution in [1.82, 2.24) is 14.8 Å². The van der Waals surface area contributed by atoms with Crippen molar-refractivity contribution < 1.29 is 26.7 Å². The lowest BCUT2D eigenvalue weighted by Crippen LogP contribution is -2.20. The van der Waals surface area contributed by atoms with Gasteiger partial charge >= 0.3 is 6.55 Å². The van der Waals surface area contributed by atoms with Crippen LogP contribution in [0.15, 0.2) is 41.4 Å². The number of sulfonamides is 1. The molecule has 0 spiro atoms. The molecule has 0 unspecified atom stereocenters. The summed E-state index contributed by atoms with van der Waals surface area (Å²) in [6.07, 6.45) is 1.16. The van der Waals surface area contributed by atoms with Crippen LogP contribution < -0.4 is 14.8 Å². The lowest BCUT2D eigenvalue weighted by atomic mass is 10.1. The van der Waals surface area contributed by atoms with Crippen molar-refractivity contribution in [3.63, 3.8) is 0 Å². The van der Waals surface area contributed by atoms with Gasteiger partial charge in [0.05, 0.1) is 30.4 Å². The van der Waals surface area contributed by atoms with Crippen LogP contribution in [0.5, 0.6) is 5.88 Å². The van der Waals surface area contributed by atoms with E-state index in [4.69, 9.17) is 4.74 Å². The number of ether oxygens (including phenoxy) is 1. The maximum absolute atomic E-state index is 13.1. The van der Waals surface area contributed by atoms with Crippen LogP contribution in [0.25, 0.3) is 0 Å². The molecule has 9 nitrogen and oxygen atoms in total. The number of para-hydroxylation sites is 1. The van der Waals surface area contributed by atoms with Crippen molar-refractivity contribution in [2.45, 2.75) is 32.2 Å². The van der Waals surface area contributed by atoms with E-state index in [1.165, 1.54) is 20.1 Å². The van der Waals surface area contributed by atoms with Crippen LogP contribution in [0.1, 0.15) is 33.9 Å². The van der Waals surface area contributed by atoms with Gasteiger partial charge in [0.25, 0.3) is 15.9 Å². The van der Waals surface area contributed by atoms with Crippen LogP contribution in [-0.4, -0.2) is 36.2 Å². The summed E-state index contributed by atoms with van der Waals surface area (Å²) >= 11 is 0. The molecule has 3 aromatic rings. The van der Waals surface area contributed by atoms with Gasteiger partial charge in [0.1, 0.15) is 5.69 Å². The Kier molecular flexibility index (Phi) is 6.44. The van der Waals surface area contributed by atoms with E-state index in [-0.39, 0.29) is 32.5 Å². The van der Waals surface area contributed by atoms with Crippen molar-refractivity contribution in [3.8, 4) is 5.88 Å². The molecule has 0 saturated carbocycles. The number of methoxy groups -OCH3 is 1. The van der Waals surface area contributed by atoms with Gasteiger partial charge in [-0.25, -0.2) is 13.4 Å². The number of hydrogen-bond acceptors (Lipinski definition) is 6. The Bertz CT molecular complexity index is 1250. The zero-order chi connectivity index (χ0) is 23.6. The quantitative estimate of drug-likeness (QED) is 0.550. The van der Waals surface area contributed by atoms with E-state index in [1.807, 2.05) is 0 Å². The molecule has 2 heterocycles. The van der Waals surface area contributed by atoms with Crippen LogP contribution in [0, 0.1) is 20.8 Å². The van der Waals surface area contributed by atoms with Crippen molar-refractivity contribution >= 4 is 27.3 Å². The van der Waals surface area contributed by atoms with E-state index in [0.717, 1.165) is 12.3 Å². The van der Waals surface area contributed by atoms with Crippen LogP contribution in [0.4, 0.5) is 20.2 Å². The van der Waals surface area contributed by atoms with Crippen LogP contribution >= 0.6 is 0 Å². The standard InChI is InChI=1S/C20H21F2N5O4S/c1-11-6-5-7-12(2)17(11)26-32(29,30)16-9-14(10-23-19(16)31-4)24-18(28)15-8-13(3)25-27(15)20(21)22/h5-10,20,26H,1-4H3,(H,24,28). The van der Waals surface area contributed by atoms with Gasteiger partial charge in [-0.05, 0) is 44.0 Å². The summed E-state index contributed by atoms with van der Waals surface area (Å²) < 4.78 is 60.3. The first-order chi connectivity index (χ1) is 15.0. The highest BCUT2D eigenvalue weighted by Crippen LogP contribution is 2.29. The first-order valence-corrected chi connectivity index (χ1v) is 10.8. The third-order valence-electron chi connectivity index (χ3n) is 4.55. The normalized spacial score (nSPS) is 11.5. The average molecular weight is 465 g/mol. The number of carbonyl (C=O) groups is 1. The van der Waals surface area contributed by atoms with Gasteiger partial charge in [-0.1, -0.05) is 18.2 Å². The number of aryl methyl sites for hydroxylation is 3. The summed E-state index contributed by atoms with van der Waals surface area (Å²) in [5, 5.41) is 5.96. The van der Waals surface area contributed by atoms with Crippen molar-refractivity contribution in [2.75, 3.05) is 17.1 Å². The minimum atomic E-state index is -4.17. The van der Waals surface area contributed by atoms with Gasteiger partial charge in [-0.2, -0.15) is 18.6 Å². The summed E-state index contributed by atoms with van der Waals surface area (Å²) in [6.45, 7) is 1.96. The first-order valence-electron chi connectivity index (χ1n) is 9.32. The maximum atomic E-state index is 13.1. The molecule has 0 aliphatic carbocycles. The number of hydrogen-bond donors (Lipinski definition) is 2. The molecule has 12 heteroatoms. The Labute approximate surface area is 183 Å². The highest BCUT2D eigenvalue weighted by molar-refractivity contribution is 7.92. The summed E-state index contributed by atoms with van der Waals surface area (Å²) in [7, 11) is -2.92. The fraction of sp³-hybridized carbons (Fsp3) is 0.250. The predicted octanol–water partition coefficient (Wildman–Crippen LogP) is 3.66. The molecule has 1 aromatic carbocycles. The first kappa shape index (κ1) is 23.1. The number of nitrogens with zero attached hydrogens (tertiary/aromatic N) is 3. The molecule has 0 fully saturated rings. The van der Waals surface area contributed by atoms with E-state index in [0.29, 0.717) is 16.8 Å². The largest absolute Gasteiger partial charge is 0.480 e. The van der Waals surface area contributed by atoms with Crippen LogP contribution in [0.2, 0.25) is 0 Å². The number of anilines is 2. The second kappa shape index (κ2) is 8.91. The molecule has 32 heavy (non-hydrogen) atoms. The Morgan fingerprint density at radius 2 is 1.81 bits per heavy atom. The molecule has 0 atom stereocenters. The monoisotopic (exact) mass is 465 g/mol. The number of nitrogens with one attached hydrogen (secondary N) is 2. The van der Waals surface area contributed by atoms with Gasteiger partial charge in [0.2, 0.25) is 5.88 Å². The summed E-state index contributed by atoms with van der Waals surface area (Å²) in [5.74, 6) is -1.10. The molecule has 0 radical (unpaired) electrons. The zero-order valence-electron chi connectivity index (χ0n) is 17.7. The fourth-order valence-electron chi connectivity index (χ4n) is 3.04. The van der Waals surface area contributed by atoms with E-state index in [9.17, 15) is 22.0 Å². The number of amides is 1. The van der Waals surface area contributed by atoms with E-state index >= 15 is 0 Å². The highest BCUT2D eigenvalue weighted by Gasteiger charge is 2.25. The molecule has 0 aliphatic rings. The number of rotatable bonds is 7. The molecule has 3 rings (SSSR count). The Hall–Kier alpha value is -3.54. The Balaban J connectivity index is 1.96. The van der Waals surface area contributed by atoms with Crippen molar-refractivity contribution in [2.24, 2.45) is 0 Å². The summed E-state index contributed by atoms with van der Waals surface area (Å²) in [5.41, 5.74) is 1.63. The molecule has 170 valence electrons. The minimum absolute atomic E-state index is 0.0302. The van der Waals surface area contributed by atoms with E-state index < -0.39 is 22.5 Å². The van der Waals surface area contributed by atoms with Crippen molar-refractivity contribution in [1.29, 1.82) is 0 Å². The van der Waals surface area contributed by atoms with Crippen molar-refractivity contribution in [3.05, 3.63) is 59.0 Å². The Morgan fingerprint density at radius 1 is 1.16 bits per heavy atom. The highest BCUT2D eigenvalue weighted by atomic mass is 32.2. The number of benzene rings is 1. The van der Waals surface area contributed by atoms with Crippen LogP contribution in [-0.2, 0) is 10.0 Å². The number of carbonyl (C=O) groups excluding carboxylic acids is 1. The van der Waals surface area contributed by atoms with Gasteiger partial charge in [0, 0.05) is 0 Å². The Morgan fingerprint density at radius 3 is 2.41 bits per heavy atom. The lowest BCUT2D eigenvalue weighted by Gasteiger charge is -2.15. The number of pyridine rings is 1. The topological polar surface area (TPSA) is 115 Å².